The van der Waals surface area contributed by atoms with Crippen LogP contribution >= 0.6 is 11.8 Å². The maximum absolute atomic E-state index is 2.42. The van der Waals surface area contributed by atoms with Crippen molar-refractivity contribution in [1.82, 2.24) is 4.90 Å². The lowest BCUT2D eigenvalue weighted by atomic mass is 10.1. The highest BCUT2D eigenvalue weighted by atomic mass is 32.2. The summed E-state index contributed by atoms with van der Waals surface area (Å²) in [7, 11) is 6.41. The van der Waals surface area contributed by atoms with Gasteiger partial charge in [-0.2, -0.15) is 0 Å². The third kappa shape index (κ3) is 4.07. The summed E-state index contributed by atoms with van der Waals surface area (Å²) in [5.41, 5.74) is 5.23. The molecular weight excluding hydrogens is 326 g/mol. The number of thioether (sulfide) groups is 1. The summed E-state index contributed by atoms with van der Waals surface area (Å²) < 4.78 is 2.42. The molecule has 0 saturated carbocycles. The van der Waals surface area contributed by atoms with E-state index in [-0.39, 0.29) is 0 Å². The molecule has 0 spiro atoms. The standard InChI is InChI=1S/C21H28N3S/c1-16-13-18(14-17(2)24(16)12-8-11-22(3)4)15-21-23(5)19-9-6-7-10-20(19)25-21/h6-7,9-10,13-15H,8,11-12H2,1-5H3/q+1. The normalized spacial score (nSPS) is 15.3. The molecule has 0 amide bonds. The summed E-state index contributed by atoms with van der Waals surface area (Å²) in [5, 5.41) is 1.28. The number of fused-ring (bicyclic) bond motifs is 1. The van der Waals surface area contributed by atoms with E-state index in [0.29, 0.717) is 0 Å². The van der Waals surface area contributed by atoms with E-state index in [0.717, 1.165) is 13.1 Å². The van der Waals surface area contributed by atoms with Crippen molar-refractivity contribution in [2.75, 3.05) is 32.6 Å². The fraction of sp³-hybridized carbons (Fsp3) is 0.381. The van der Waals surface area contributed by atoms with Gasteiger partial charge in [-0.3, -0.25) is 0 Å². The van der Waals surface area contributed by atoms with Gasteiger partial charge < -0.3 is 9.80 Å². The van der Waals surface area contributed by atoms with Crippen molar-refractivity contribution in [3.05, 3.63) is 58.4 Å². The van der Waals surface area contributed by atoms with Gasteiger partial charge in [-0.05, 0) is 37.9 Å². The van der Waals surface area contributed by atoms with E-state index in [1.807, 2.05) is 11.8 Å². The number of benzene rings is 1. The fourth-order valence-corrected chi connectivity index (χ4v) is 4.44. The average Bonchev–Trinajstić information content (AvgIpc) is 2.86. The van der Waals surface area contributed by atoms with Crippen molar-refractivity contribution >= 4 is 23.5 Å². The van der Waals surface area contributed by atoms with Crippen LogP contribution in [0.3, 0.4) is 0 Å². The van der Waals surface area contributed by atoms with Gasteiger partial charge in [-0.1, -0.05) is 23.9 Å². The molecular formula is C21H28N3S+. The Labute approximate surface area is 156 Å². The minimum absolute atomic E-state index is 1.08. The molecule has 1 aromatic heterocycles. The monoisotopic (exact) mass is 354 g/mol. The van der Waals surface area contributed by atoms with Gasteiger partial charge in [0, 0.05) is 50.9 Å². The summed E-state index contributed by atoms with van der Waals surface area (Å²) >= 11 is 1.85. The summed E-state index contributed by atoms with van der Waals surface area (Å²) in [6.07, 6.45) is 3.47. The molecule has 1 aliphatic heterocycles. The summed E-state index contributed by atoms with van der Waals surface area (Å²) in [6, 6.07) is 13.2. The zero-order valence-corrected chi connectivity index (χ0v) is 16.7. The molecule has 0 atom stereocenters. The molecule has 0 bridgehead atoms. The van der Waals surface area contributed by atoms with E-state index >= 15 is 0 Å². The van der Waals surface area contributed by atoms with Crippen LogP contribution in [0.2, 0.25) is 0 Å². The first-order chi connectivity index (χ1) is 12.0. The molecule has 1 aliphatic rings. The zero-order valence-electron chi connectivity index (χ0n) is 15.9. The van der Waals surface area contributed by atoms with E-state index in [2.05, 4.69) is 91.8 Å². The SMILES string of the molecule is Cc1cc(/C=C2/Sc3ccccc3N2C)cc(C)[n+]1CCCN(C)C. The maximum atomic E-state index is 2.42. The van der Waals surface area contributed by atoms with Gasteiger partial charge in [0.2, 0.25) is 0 Å². The minimum atomic E-state index is 1.08. The quantitative estimate of drug-likeness (QED) is 0.750. The number of rotatable bonds is 5. The Hall–Kier alpha value is -1.78. The molecule has 0 unspecified atom stereocenters. The van der Waals surface area contributed by atoms with Gasteiger partial charge in [0.05, 0.1) is 10.7 Å². The first kappa shape index (κ1) is 18.0. The lowest BCUT2D eigenvalue weighted by molar-refractivity contribution is -0.708. The van der Waals surface area contributed by atoms with Crippen LogP contribution in [-0.2, 0) is 6.54 Å². The van der Waals surface area contributed by atoms with Gasteiger partial charge in [0.1, 0.15) is 6.54 Å². The van der Waals surface area contributed by atoms with E-state index in [4.69, 9.17) is 0 Å². The van der Waals surface area contributed by atoms with E-state index in [1.54, 1.807) is 0 Å². The Morgan fingerprint density at radius 1 is 1.12 bits per heavy atom. The van der Waals surface area contributed by atoms with Crippen molar-refractivity contribution in [3.8, 4) is 0 Å². The number of aromatic nitrogens is 1. The van der Waals surface area contributed by atoms with Crippen LogP contribution in [0.15, 0.2) is 46.3 Å². The van der Waals surface area contributed by atoms with Crippen LogP contribution < -0.4 is 9.47 Å². The minimum Gasteiger partial charge on any atom is -0.338 e. The molecule has 2 heterocycles. The molecule has 0 radical (unpaired) electrons. The lowest BCUT2D eigenvalue weighted by Crippen LogP contribution is -2.41. The third-order valence-electron chi connectivity index (χ3n) is 4.65. The van der Waals surface area contributed by atoms with Gasteiger partial charge in [-0.25, -0.2) is 4.57 Å². The van der Waals surface area contributed by atoms with E-state index in [9.17, 15) is 0 Å². The smallest absolute Gasteiger partial charge is 0.179 e. The Morgan fingerprint density at radius 3 is 2.44 bits per heavy atom. The number of hydrogen-bond acceptors (Lipinski definition) is 3. The van der Waals surface area contributed by atoms with Gasteiger partial charge >= 0.3 is 0 Å². The molecule has 0 fully saturated rings. The topological polar surface area (TPSA) is 10.4 Å². The number of pyridine rings is 1. The molecule has 3 rings (SSSR count). The Balaban J connectivity index is 1.80. The zero-order chi connectivity index (χ0) is 18.0. The highest BCUT2D eigenvalue weighted by Gasteiger charge is 2.21. The molecule has 3 nitrogen and oxygen atoms in total. The molecule has 4 heteroatoms. The van der Waals surface area contributed by atoms with Crippen molar-refractivity contribution < 1.29 is 4.57 Å². The van der Waals surface area contributed by atoms with Crippen LogP contribution in [0.5, 0.6) is 0 Å². The summed E-state index contributed by atoms with van der Waals surface area (Å²) in [4.78, 5) is 5.86. The second-order valence-electron chi connectivity index (χ2n) is 6.99. The number of para-hydroxylation sites is 1. The summed E-state index contributed by atoms with van der Waals surface area (Å²) in [5.74, 6) is 0. The van der Waals surface area contributed by atoms with Crippen LogP contribution in [0.25, 0.3) is 6.08 Å². The predicted molar refractivity (Wildman–Crippen MR) is 108 cm³/mol. The highest BCUT2D eigenvalue weighted by Crippen LogP contribution is 2.45. The van der Waals surface area contributed by atoms with Gasteiger partial charge in [0.25, 0.3) is 0 Å². The van der Waals surface area contributed by atoms with Crippen LogP contribution in [0.4, 0.5) is 5.69 Å². The molecule has 0 N–H and O–H groups in total. The third-order valence-corrected chi connectivity index (χ3v) is 5.82. The van der Waals surface area contributed by atoms with Crippen molar-refractivity contribution in [2.24, 2.45) is 0 Å². The van der Waals surface area contributed by atoms with Crippen LogP contribution in [0.1, 0.15) is 23.4 Å². The number of hydrogen-bond donors (Lipinski definition) is 0. The number of anilines is 1. The second kappa shape index (κ2) is 7.63. The van der Waals surface area contributed by atoms with E-state index < -0.39 is 0 Å². The second-order valence-corrected chi connectivity index (χ2v) is 8.05. The molecule has 0 saturated heterocycles. The van der Waals surface area contributed by atoms with Gasteiger partial charge in [-0.15, -0.1) is 0 Å². The lowest BCUT2D eigenvalue weighted by Gasteiger charge is -2.13. The molecule has 2 aromatic rings. The molecule has 25 heavy (non-hydrogen) atoms. The summed E-state index contributed by atoms with van der Waals surface area (Å²) in [6.45, 7) is 6.63. The Kier molecular flexibility index (Phi) is 5.50. The first-order valence-electron chi connectivity index (χ1n) is 8.84. The van der Waals surface area contributed by atoms with Crippen molar-refractivity contribution in [3.63, 3.8) is 0 Å². The van der Waals surface area contributed by atoms with Crippen LogP contribution in [0, 0.1) is 13.8 Å². The molecule has 0 aliphatic carbocycles. The average molecular weight is 355 g/mol. The molecule has 1 aromatic carbocycles. The highest BCUT2D eigenvalue weighted by molar-refractivity contribution is 8.03. The number of aryl methyl sites for hydroxylation is 2. The predicted octanol–water partition coefficient (Wildman–Crippen LogP) is 4.08. The largest absolute Gasteiger partial charge is 0.338 e. The van der Waals surface area contributed by atoms with Crippen molar-refractivity contribution in [1.29, 1.82) is 0 Å². The fourth-order valence-electron chi connectivity index (χ4n) is 3.33. The maximum Gasteiger partial charge on any atom is 0.179 e. The Bertz CT molecular complexity index is 772. The first-order valence-corrected chi connectivity index (χ1v) is 9.65. The van der Waals surface area contributed by atoms with Gasteiger partial charge in [0.15, 0.2) is 11.4 Å². The molecule has 132 valence electrons. The van der Waals surface area contributed by atoms with E-state index in [1.165, 1.54) is 39.0 Å². The van der Waals surface area contributed by atoms with Crippen molar-refractivity contribution in [2.45, 2.75) is 31.7 Å². The van der Waals surface area contributed by atoms with Crippen LogP contribution in [-0.4, -0.2) is 32.6 Å². The Morgan fingerprint density at radius 2 is 1.80 bits per heavy atom. The number of nitrogens with zero attached hydrogens (tertiary/aromatic N) is 3.